The molecule has 0 heterocycles. The van der Waals surface area contributed by atoms with Gasteiger partial charge in [-0.15, -0.1) is 0 Å². The summed E-state index contributed by atoms with van der Waals surface area (Å²) in [5.74, 6) is -12.6. The second kappa shape index (κ2) is 12.3. The highest BCUT2D eigenvalue weighted by atomic mass is 19.2. The molecule has 36 heavy (non-hydrogen) atoms. The molecule has 0 saturated carbocycles. The summed E-state index contributed by atoms with van der Waals surface area (Å²) in [7, 11) is 1.07. The number of carbonyl (C=O) groups excluding carboxylic acids is 3. The van der Waals surface area contributed by atoms with Crippen molar-refractivity contribution in [2.45, 2.75) is 77.7 Å². The average molecular weight is 526 g/mol. The van der Waals surface area contributed by atoms with Gasteiger partial charge in [-0.1, -0.05) is 0 Å². The van der Waals surface area contributed by atoms with Gasteiger partial charge in [0.1, 0.15) is 11.6 Å². The van der Waals surface area contributed by atoms with Gasteiger partial charge in [0.15, 0.2) is 29.3 Å². The van der Waals surface area contributed by atoms with E-state index in [0.717, 1.165) is 7.11 Å². The van der Waals surface area contributed by atoms with Crippen LogP contribution in [-0.2, 0) is 30.2 Å². The van der Waals surface area contributed by atoms with Crippen molar-refractivity contribution in [3.05, 3.63) is 34.6 Å². The second-order valence-electron chi connectivity index (χ2n) is 9.79. The van der Waals surface area contributed by atoms with Crippen LogP contribution in [0.25, 0.3) is 0 Å². The molecule has 0 aliphatic rings. The Labute approximate surface area is 205 Å². The van der Waals surface area contributed by atoms with Crippen LogP contribution in [-0.4, -0.2) is 55.0 Å². The third-order valence-corrected chi connectivity index (χ3v) is 4.48. The van der Waals surface area contributed by atoms with Crippen molar-refractivity contribution in [2.24, 2.45) is 0 Å². The lowest BCUT2D eigenvalue weighted by Crippen LogP contribution is -2.54. The zero-order chi connectivity index (χ0) is 28.0. The molecule has 0 bridgehead atoms. The second-order valence-corrected chi connectivity index (χ2v) is 9.79. The molecule has 0 unspecified atom stereocenters. The maximum atomic E-state index is 14.1. The average Bonchev–Trinajstić information content (AvgIpc) is 2.75. The van der Waals surface area contributed by atoms with Crippen LogP contribution in [0.5, 0.6) is 0 Å². The number of amides is 2. The van der Waals surface area contributed by atoms with E-state index in [0.29, 0.717) is 0 Å². The van der Waals surface area contributed by atoms with Crippen LogP contribution in [0.1, 0.15) is 53.5 Å². The monoisotopic (exact) mass is 526 g/mol. The Morgan fingerprint density at radius 1 is 0.778 bits per heavy atom. The number of methoxy groups -OCH3 is 1. The first-order chi connectivity index (χ1) is 16.4. The van der Waals surface area contributed by atoms with Crippen molar-refractivity contribution in [1.82, 2.24) is 10.6 Å². The molecule has 204 valence electrons. The van der Waals surface area contributed by atoms with E-state index in [9.17, 15) is 36.3 Å². The van der Waals surface area contributed by atoms with Gasteiger partial charge >= 0.3 is 12.1 Å². The highest BCUT2D eigenvalue weighted by molar-refractivity contribution is 5.89. The summed E-state index contributed by atoms with van der Waals surface area (Å²) in [5.41, 5.74) is -2.85. The van der Waals surface area contributed by atoms with Crippen LogP contribution in [0.15, 0.2) is 0 Å². The lowest BCUT2D eigenvalue weighted by Gasteiger charge is -2.26. The first-order valence-corrected chi connectivity index (χ1v) is 10.9. The smallest absolute Gasteiger partial charge is 0.408 e. The van der Waals surface area contributed by atoms with Gasteiger partial charge in [0, 0.05) is 5.56 Å². The predicted molar refractivity (Wildman–Crippen MR) is 117 cm³/mol. The molecule has 0 radical (unpaired) electrons. The molecule has 0 aromatic heterocycles. The SMILES string of the molecule is COC(=O)[C@H](COC(C)(C)C)NC(=O)[C@H](CCc1c(F)c(F)c(F)c(F)c1F)NC(=O)OC(C)(C)C. The van der Waals surface area contributed by atoms with Crippen molar-refractivity contribution in [1.29, 1.82) is 0 Å². The van der Waals surface area contributed by atoms with E-state index in [2.05, 4.69) is 15.4 Å². The van der Waals surface area contributed by atoms with Gasteiger partial charge < -0.3 is 24.8 Å². The van der Waals surface area contributed by atoms with E-state index in [1.54, 1.807) is 20.8 Å². The van der Waals surface area contributed by atoms with Crippen LogP contribution in [0.2, 0.25) is 0 Å². The molecular weight excluding hydrogens is 495 g/mol. The van der Waals surface area contributed by atoms with Gasteiger partial charge in [-0.3, -0.25) is 4.79 Å². The minimum atomic E-state index is -2.32. The highest BCUT2D eigenvalue weighted by Gasteiger charge is 2.32. The largest absolute Gasteiger partial charge is 0.467 e. The zero-order valence-corrected chi connectivity index (χ0v) is 21.1. The van der Waals surface area contributed by atoms with Crippen molar-refractivity contribution in [3.8, 4) is 0 Å². The molecule has 0 aliphatic carbocycles. The number of rotatable bonds is 9. The topological polar surface area (TPSA) is 103 Å². The summed E-state index contributed by atoms with van der Waals surface area (Å²) in [6.07, 6.45) is -2.54. The molecule has 1 aromatic carbocycles. The fourth-order valence-electron chi connectivity index (χ4n) is 2.79. The molecule has 1 aromatic rings. The molecule has 1 rings (SSSR count). The zero-order valence-electron chi connectivity index (χ0n) is 21.1. The number of ether oxygens (including phenoxy) is 3. The van der Waals surface area contributed by atoms with Crippen LogP contribution in [0.3, 0.4) is 0 Å². The molecule has 2 atom stereocenters. The van der Waals surface area contributed by atoms with Gasteiger partial charge in [0.2, 0.25) is 11.7 Å². The molecule has 0 spiro atoms. The van der Waals surface area contributed by atoms with Crippen LogP contribution in [0, 0.1) is 29.1 Å². The standard InChI is InChI=1S/C23H31F5N2O6/c1-22(2,3)35-10-13(20(32)34-7)29-19(31)12(30-21(33)36-23(4,5)6)9-8-11-14(24)16(26)18(28)17(27)15(11)25/h12-13H,8-10H2,1-7H3,(H,29,31)(H,30,33)/t12-,13-/m0/s1. The molecule has 0 saturated heterocycles. The lowest BCUT2D eigenvalue weighted by molar-refractivity contribution is -0.148. The molecule has 2 N–H and O–H groups in total. The van der Waals surface area contributed by atoms with Gasteiger partial charge in [0.05, 0.1) is 19.3 Å². The Balaban J connectivity index is 3.21. The van der Waals surface area contributed by atoms with Gasteiger partial charge in [-0.05, 0) is 54.4 Å². The fraction of sp³-hybridized carbons (Fsp3) is 0.609. The van der Waals surface area contributed by atoms with E-state index in [-0.39, 0.29) is 6.61 Å². The number of esters is 1. The number of halogens is 5. The molecule has 0 aliphatic heterocycles. The number of benzene rings is 1. The van der Waals surface area contributed by atoms with Crippen molar-refractivity contribution >= 4 is 18.0 Å². The number of alkyl carbamates (subject to hydrolysis) is 1. The number of hydrogen-bond acceptors (Lipinski definition) is 6. The minimum absolute atomic E-state index is 0.321. The maximum absolute atomic E-state index is 14.1. The molecule has 2 amide bonds. The summed E-state index contributed by atoms with van der Waals surface area (Å²) in [4.78, 5) is 37.3. The molecule has 13 heteroatoms. The Kier molecular flexibility index (Phi) is 10.6. The Morgan fingerprint density at radius 2 is 1.28 bits per heavy atom. The summed E-state index contributed by atoms with van der Waals surface area (Å²) < 4.78 is 83.9. The lowest BCUT2D eigenvalue weighted by atomic mass is 10.0. The van der Waals surface area contributed by atoms with Crippen LogP contribution >= 0.6 is 0 Å². The van der Waals surface area contributed by atoms with Gasteiger partial charge in [-0.25, -0.2) is 31.5 Å². The van der Waals surface area contributed by atoms with Crippen LogP contribution in [0.4, 0.5) is 26.7 Å². The van der Waals surface area contributed by atoms with E-state index in [1.807, 2.05) is 0 Å². The summed E-state index contributed by atoms with van der Waals surface area (Å²) >= 11 is 0. The third-order valence-electron chi connectivity index (χ3n) is 4.48. The van der Waals surface area contributed by atoms with Crippen molar-refractivity contribution < 1.29 is 50.5 Å². The Morgan fingerprint density at radius 3 is 1.72 bits per heavy atom. The Bertz CT molecular complexity index is 946. The molecule has 0 fully saturated rings. The van der Waals surface area contributed by atoms with Crippen LogP contribution < -0.4 is 10.6 Å². The summed E-state index contributed by atoms with van der Waals surface area (Å²) in [6.45, 7) is 9.37. The molecular formula is C23H31F5N2O6. The van der Waals surface area contributed by atoms with Crippen molar-refractivity contribution in [3.63, 3.8) is 0 Å². The summed E-state index contributed by atoms with van der Waals surface area (Å²) in [6, 6.07) is -2.93. The molecule has 8 nitrogen and oxygen atoms in total. The van der Waals surface area contributed by atoms with Crippen molar-refractivity contribution in [2.75, 3.05) is 13.7 Å². The minimum Gasteiger partial charge on any atom is -0.467 e. The summed E-state index contributed by atoms with van der Waals surface area (Å²) in [5, 5.41) is 4.49. The third kappa shape index (κ3) is 9.25. The fourth-order valence-corrected chi connectivity index (χ4v) is 2.79. The maximum Gasteiger partial charge on any atom is 0.408 e. The van der Waals surface area contributed by atoms with E-state index >= 15 is 0 Å². The first kappa shape index (κ1) is 31.1. The van der Waals surface area contributed by atoms with E-state index in [1.165, 1.54) is 20.8 Å². The quantitative estimate of drug-likeness (QED) is 0.220. The number of nitrogens with one attached hydrogen (secondary N) is 2. The van der Waals surface area contributed by atoms with Gasteiger partial charge in [-0.2, -0.15) is 0 Å². The van der Waals surface area contributed by atoms with E-state index < -0.39 is 88.7 Å². The predicted octanol–water partition coefficient (Wildman–Crippen LogP) is 3.68. The van der Waals surface area contributed by atoms with E-state index in [4.69, 9.17) is 9.47 Å². The first-order valence-electron chi connectivity index (χ1n) is 10.9. The highest BCUT2D eigenvalue weighted by Crippen LogP contribution is 2.24. The Hall–Kier alpha value is -2.96. The van der Waals surface area contributed by atoms with Gasteiger partial charge in [0.25, 0.3) is 0 Å². The normalized spacial score (nSPS) is 13.6. The number of carbonyl (C=O) groups is 3. The number of hydrogen-bond donors (Lipinski definition) is 2.